The van der Waals surface area contributed by atoms with Crippen LogP contribution in [0.25, 0.3) is 0 Å². The second-order valence-corrected chi connectivity index (χ2v) is 10.2. The van der Waals surface area contributed by atoms with E-state index in [0.29, 0.717) is 13.2 Å². The van der Waals surface area contributed by atoms with Crippen LogP contribution in [0.3, 0.4) is 0 Å². The summed E-state index contributed by atoms with van der Waals surface area (Å²) in [5.41, 5.74) is 2.83. The fourth-order valence-electron chi connectivity index (χ4n) is 5.42. The molecule has 0 spiro atoms. The second-order valence-electron chi connectivity index (χ2n) is 10.2. The number of pyridine rings is 1. The first-order chi connectivity index (χ1) is 17.0. The third kappa shape index (κ3) is 5.37. The van der Waals surface area contributed by atoms with Gasteiger partial charge in [0.1, 0.15) is 11.4 Å². The number of amides is 1. The normalized spacial score (nSPS) is 20.9. The van der Waals surface area contributed by atoms with Gasteiger partial charge in [-0.15, -0.1) is 0 Å². The Morgan fingerprint density at radius 2 is 1.89 bits per heavy atom. The number of carbonyl (C=O) groups excluding carboxylic acids is 1. The fraction of sp³-hybridized carbons (Fsp3) is 0.556. The van der Waals surface area contributed by atoms with Crippen molar-refractivity contribution in [2.24, 2.45) is 0 Å². The van der Waals surface area contributed by atoms with Crippen LogP contribution in [0.15, 0.2) is 30.5 Å². The Hall–Kier alpha value is -2.65. The predicted molar refractivity (Wildman–Crippen MR) is 132 cm³/mol. The standard InChI is InChI=1S/C27H35F3N4O2/c1-17-18(2)25(36-12-6-11-32(4)5)10-8-23(17)19(3)33-15-22-13-21(33)16-34(22)26(35)24-9-7-20(14-31-24)27(28,29)30/h7-10,14,19,21-22H,6,11-13,15-16H2,1-5H3/t19-,21-,22-/m0/s1. The monoisotopic (exact) mass is 504 g/mol. The molecule has 2 aliphatic rings. The summed E-state index contributed by atoms with van der Waals surface area (Å²) >= 11 is 0. The Bertz CT molecular complexity index is 1090. The van der Waals surface area contributed by atoms with Crippen molar-refractivity contribution in [1.82, 2.24) is 19.7 Å². The first-order valence-electron chi connectivity index (χ1n) is 12.4. The van der Waals surface area contributed by atoms with Crippen LogP contribution < -0.4 is 4.74 Å². The Morgan fingerprint density at radius 3 is 2.47 bits per heavy atom. The van der Waals surface area contributed by atoms with Crippen molar-refractivity contribution in [1.29, 1.82) is 0 Å². The van der Waals surface area contributed by atoms with Crippen molar-refractivity contribution < 1.29 is 22.7 Å². The molecule has 1 aromatic heterocycles. The molecule has 0 radical (unpaired) electrons. The third-order valence-corrected chi connectivity index (χ3v) is 7.59. The number of hydrogen-bond acceptors (Lipinski definition) is 5. The van der Waals surface area contributed by atoms with Crippen molar-refractivity contribution in [2.75, 3.05) is 40.3 Å². The molecule has 36 heavy (non-hydrogen) atoms. The highest BCUT2D eigenvalue weighted by Crippen LogP contribution is 2.39. The van der Waals surface area contributed by atoms with Crippen LogP contribution in [0.5, 0.6) is 5.75 Å². The molecule has 2 aromatic rings. The van der Waals surface area contributed by atoms with Gasteiger partial charge in [0.05, 0.1) is 12.2 Å². The number of alkyl halides is 3. The van der Waals surface area contributed by atoms with E-state index in [1.807, 2.05) is 0 Å². The summed E-state index contributed by atoms with van der Waals surface area (Å²) in [5.74, 6) is 0.622. The smallest absolute Gasteiger partial charge is 0.417 e. The number of carbonyl (C=O) groups is 1. The number of halogens is 3. The van der Waals surface area contributed by atoms with Gasteiger partial charge in [-0.3, -0.25) is 14.7 Å². The number of piperazine rings is 1. The molecular formula is C27H35F3N4O2. The van der Waals surface area contributed by atoms with Crippen molar-refractivity contribution >= 4 is 5.91 Å². The fourth-order valence-corrected chi connectivity index (χ4v) is 5.42. The van der Waals surface area contributed by atoms with Crippen molar-refractivity contribution in [3.8, 4) is 5.75 Å². The molecule has 2 bridgehead atoms. The molecule has 2 aliphatic heterocycles. The van der Waals surface area contributed by atoms with E-state index >= 15 is 0 Å². The van der Waals surface area contributed by atoms with Crippen LogP contribution in [-0.4, -0.2) is 78.0 Å². The van der Waals surface area contributed by atoms with E-state index in [1.54, 1.807) is 4.90 Å². The van der Waals surface area contributed by atoms with E-state index in [4.69, 9.17) is 4.74 Å². The Kier molecular flexibility index (Phi) is 7.61. The largest absolute Gasteiger partial charge is 0.493 e. The summed E-state index contributed by atoms with van der Waals surface area (Å²) in [6.45, 7) is 9.39. The molecule has 0 saturated carbocycles. The number of likely N-dealkylation sites (tertiary alicyclic amines) is 2. The number of hydrogen-bond donors (Lipinski definition) is 0. The van der Waals surface area contributed by atoms with E-state index in [0.717, 1.165) is 49.5 Å². The molecule has 2 saturated heterocycles. The van der Waals surface area contributed by atoms with Crippen LogP contribution in [0.4, 0.5) is 13.2 Å². The number of fused-ring (bicyclic) bond motifs is 2. The molecule has 9 heteroatoms. The lowest BCUT2D eigenvalue weighted by Crippen LogP contribution is -2.49. The van der Waals surface area contributed by atoms with Gasteiger partial charge in [0, 0.05) is 44.0 Å². The third-order valence-electron chi connectivity index (χ3n) is 7.59. The van der Waals surface area contributed by atoms with Gasteiger partial charge in [0.15, 0.2) is 0 Å². The highest BCUT2D eigenvalue weighted by Gasteiger charge is 2.47. The van der Waals surface area contributed by atoms with Crippen LogP contribution in [0, 0.1) is 13.8 Å². The van der Waals surface area contributed by atoms with Gasteiger partial charge < -0.3 is 14.5 Å². The maximum atomic E-state index is 13.0. The van der Waals surface area contributed by atoms with Gasteiger partial charge in [-0.25, -0.2) is 0 Å². The molecule has 4 rings (SSSR count). The molecular weight excluding hydrogens is 469 g/mol. The van der Waals surface area contributed by atoms with E-state index in [-0.39, 0.29) is 29.7 Å². The van der Waals surface area contributed by atoms with Crippen LogP contribution in [-0.2, 0) is 6.18 Å². The first-order valence-corrected chi connectivity index (χ1v) is 12.4. The van der Waals surface area contributed by atoms with Gasteiger partial charge >= 0.3 is 6.18 Å². The molecule has 1 amide bonds. The minimum absolute atomic E-state index is 0.0368. The summed E-state index contributed by atoms with van der Waals surface area (Å²) < 4.78 is 44.5. The zero-order valence-corrected chi connectivity index (χ0v) is 21.6. The second kappa shape index (κ2) is 10.4. The molecule has 6 nitrogen and oxygen atoms in total. The summed E-state index contributed by atoms with van der Waals surface area (Å²) in [6, 6.07) is 6.74. The molecule has 0 unspecified atom stereocenters. The molecule has 0 N–H and O–H groups in total. The highest BCUT2D eigenvalue weighted by atomic mass is 19.4. The van der Waals surface area contributed by atoms with E-state index < -0.39 is 11.7 Å². The minimum atomic E-state index is -4.47. The van der Waals surface area contributed by atoms with Gasteiger partial charge in [-0.05, 0) is 82.6 Å². The van der Waals surface area contributed by atoms with Crippen LogP contribution in [0.1, 0.15) is 58.5 Å². The lowest BCUT2D eigenvalue weighted by molar-refractivity contribution is -0.137. The Morgan fingerprint density at radius 1 is 1.14 bits per heavy atom. The number of benzene rings is 1. The maximum Gasteiger partial charge on any atom is 0.417 e. The quantitative estimate of drug-likeness (QED) is 0.488. The summed E-state index contributed by atoms with van der Waals surface area (Å²) in [6.07, 6.45) is -1.90. The Labute approximate surface area is 211 Å². The van der Waals surface area contributed by atoms with Crippen LogP contribution >= 0.6 is 0 Å². The lowest BCUT2D eigenvalue weighted by atomic mass is 9.96. The zero-order chi connectivity index (χ0) is 26.2. The number of rotatable bonds is 8. The van der Waals surface area contributed by atoms with Crippen molar-refractivity contribution in [3.05, 3.63) is 58.4 Å². The molecule has 0 aliphatic carbocycles. The number of ether oxygens (including phenoxy) is 1. The van der Waals surface area contributed by atoms with Gasteiger partial charge in [0.2, 0.25) is 0 Å². The summed E-state index contributed by atoms with van der Waals surface area (Å²) in [5, 5.41) is 0. The van der Waals surface area contributed by atoms with Gasteiger partial charge in [0.25, 0.3) is 5.91 Å². The summed E-state index contributed by atoms with van der Waals surface area (Å²) in [7, 11) is 4.11. The number of aromatic nitrogens is 1. The van der Waals surface area contributed by atoms with Crippen LogP contribution in [0.2, 0.25) is 0 Å². The maximum absolute atomic E-state index is 13.0. The summed E-state index contributed by atoms with van der Waals surface area (Å²) in [4.78, 5) is 23.1. The van der Waals surface area contributed by atoms with Gasteiger partial charge in [-0.1, -0.05) is 6.07 Å². The van der Waals surface area contributed by atoms with Gasteiger partial charge in [-0.2, -0.15) is 13.2 Å². The molecule has 1 aromatic carbocycles. The molecule has 3 heterocycles. The zero-order valence-electron chi connectivity index (χ0n) is 21.6. The molecule has 196 valence electrons. The first kappa shape index (κ1) is 26.4. The van der Waals surface area contributed by atoms with Crippen molar-refractivity contribution in [3.63, 3.8) is 0 Å². The van der Waals surface area contributed by atoms with E-state index in [1.165, 1.54) is 17.2 Å². The topological polar surface area (TPSA) is 48.9 Å². The SMILES string of the molecule is Cc1c(OCCCN(C)C)ccc([C@H](C)N2C[C@@H]3C[C@H]2CN3C(=O)c2ccc(C(F)(F)F)cn2)c1C. The average molecular weight is 505 g/mol. The predicted octanol–water partition coefficient (Wildman–Crippen LogP) is 4.71. The number of nitrogens with zero attached hydrogens (tertiary/aromatic N) is 4. The van der Waals surface area contributed by atoms with E-state index in [9.17, 15) is 18.0 Å². The average Bonchev–Trinajstić information content (AvgIpc) is 3.44. The van der Waals surface area contributed by atoms with E-state index in [2.05, 4.69) is 61.8 Å². The highest BCUT2D eigenvalue weighted by molar-refractivity contribution is 5.93. The lowest BCUT2D eigenvalue weighted by Gasteiger charge is -2.38. The Balaban J connectivity index is 1.39. The molecule has 2 fully saturated rings. The molecule has 3 atom stereocenters. The van der Waals surface area contributed by atoms with Crippen molar-refractivity contribution in [2.45, 2.75) is 57.9 Å². The minimum Gasteiger partial charge on any atom is -0.493 e.